The van der Waals surface area contributed by atoms with Gasteiger partial charge in [-0.25, -0.2) is 0 Å². The van der Waals surface area contributed by atoms with Crippen molar-refractivity contribution in [1.82, 2.24) is 0 Å². The largest absolute Gasteiger partial charge is 0.508 e. The number of rotatable bonds is 3. The standard InChI is InChI=1S/C20H24O/c1-20(2,16-10-4-3-5-11-16)17-12-13-19(21)18(14-17)15-8-6-7-9-15/h3-5,10-15,21H,6-9H2,1-2H3. The van der Waals surface area contributed by atoms with Crippen LogP contribution in [0.4, 0.5) is 0 Å². The molecule has 0 heterocycles. The highest BCUT2D eigenvalue weighted by Gasteiger charge is 2.26. The minimum Gasteiger partial charge on any atom is -0.508 e. The maximum Gasteiger partial charge on any atom is 0.119 e. The summed E-state index contributed by atoms with van der Waals surface area (Å²) in [5.74, 6) is 1.01. The van der Waals surface area contributed by atoms with Gasteiger partial charge in [0, 0.05) is 5.41 Å². The zero-order valence-electron chi connectivity index (χ0n) is 13.0. The zero-order valence-corrected chi connectivity index (χ0v) is 13.0. The van der Waals surface area contributed by atoms with Crippen molar-refractivity contribution in [1.29, 1.82) is 0 Å². The second-order valence-electron chi connectivity index (χ2n) is 6.75. The molecule has 3 rings (SSSR count). The molecule has 1 saturated carbocycles. The maximum atomic E-state index is 10.2. The van der Waals surface area contributed by atoms with Crippen molar-refractivity contribution in [3.05, 3.63) is 65.2 Å². The van der Waals surface area contributed by atoms with E-state index in [1.165, 1.54) is 36.8 Å². The smallest absolute Gasteiger partial charge is 0.119 e. The number of phenolic OH excluding ortho intramolecular Hbond substituents is 1. The van der Waals surface area contributed by atoms with E-state index in [1.54, 1.807) is 0 Å². The molecule has 0 bridgehead atoms. The second kappa shape index (κ2) is 5.55. The Balaban J connectivity index is 2.00. The SMILES string of the molecule is CC(C)(c1ccccc1)c1ccc(O)c(C2CCCC2)c1. The molecule has 1 fully saturated rings. The van der Waals surface area contributed by atoms with Gasteiger partial charge in [0.05, 0.1) is 0 Å². The van der Waals surface area contributed by atoms with Crippen molar-refractivity contribution in [2.75, 3.05) is 0 Å². The van der Waals surface area contributed by atoms with E-state index in [4.69, 9.17) is 0 Å². The highest BCUT2D eigenvalue weighted by Crippen LogP contribution is 2.41. The van der Waals surface area contributed by atoms with Crippen LogP contribution in [0, 0.1) is 0 Å². The van der Waals surface area contributed by atoms with Crippen molar-refractivity contribution in [2.24, 2.45) is 0 Å². The fourth-order valence-electron chi connectivity index (χ4n) is 3.53. The molecule has 1 aliphatic rings. The summed E-state index contributed by atoms with van der Waals surface area (Å²) < 4.78 is 0. The fraction of sp³-hybridized carbons (Fsp3) is 0.400. The third kappa shape index (κ3) is 2.70. The molecule has 0 spiro atoms. The topological polar surface area (TPSA) is 20.2 Å². The Kier molecular flexibility index (Phi) is 3.75. The number of benzene rings is 2. The summed E-state index contributed by atoms with van der Waals surface area (Å²) in [5.41, 5.74) is 3.71. The highest BCUT2D eigenvalue weighted by atomic mass is 16.3. The van der Waals surface area contributed by atoms with Gasteiger partial charge in [0.15, 0.2) is 0 Å². The third-order valence-electron chi connectivity index (χ3n) is 5.04. The first kappa shape index (κ1) is 14.2. The molecule has 0 amide bonds. The van der Waals surface area contributed by atoms with Crippen LogP contribution in [0.15, 0.2) is 48.5 Å². The molecule has 1 nitrogen and oxygen atoms in total. The Hall–Kier alpha value is -1.76. The quantitative estimate of drug-likeness (QED) is 0.800. The summed E-state index contributed by atoms with van der Waals surface area (Å²) in [6, 6.07) is 16.8. The summed E-state index contributed by atoms with van der Waals surface area (Å²) in [5, 5.41) is 10.2. The molecule has 110 valence electrons. The lowest BCUT2D eigenvalue weighted by atomic mass is 9.77. The van der Waals surface area contributed by atoms with E-state index in [1.807, 2.05) is 6.07 Å². The van der Waals surface area contributed by atoms with Crippen LogP contribution in [0.5, 0.6) is 5.75 Å². The highest BCUT2D eigenvalue weighted by molar-refractivity contribution is 5.45. The van der Waals surface area contributed by atoms with Gasteiger partial charge in [-0.05, 0) is 41.5 Å². The van der Waals surface area contributed by atoms with Crippen molar-refractivity contribution < 1.29 is 5.11 Å². The Morgan fingerprint density at radius 3 is 2.24 bits per heavy atom. The molecule has 0 unspecified atom stereocenters. The molecule has 0 saturated heterocycles. The van der Waals surface area contributed by atoms with Crippen molar-refractivity contribution in [3.63, 3.8) is 0 Å². The lowest BCUT2D eigenvalue weighted by Crippen LogP contribution is -2.19. The molecule has 0 radical (unpaired) electrons. The van der Waals surface area contributed by atoms with E-state index in [0.717, 1.165) is 5.56 Å². The van der Waals surface area contributed by atoms with E-state index < -0.39 is 0 Å². The molecule has 0 aliphatic heterocycles. The summed E-state index contributed by atoms with van der Waals surface area (Å²) in [4.78, 5) is 0. The van der Waals surface area contributed by atoms with Gasteiger partial charge in [-0.15, -0.1) is 0 Å². The molecule has 1 aliphatic carbocycles. The van der Waals surface area contributed by atoms with Crippen LogP contribution >= 0.6 is 0 Å². The lowest BCUT2D eigenvalue weighted by Gasteiger charge is -2.27. The number of aromatic hydroxyl groups is 1. The minimum atomic E-state index is -0.0394. The number of hydrogen-bond donors (Lipinski definition) is 1. The summed E-state index contributed by atoms with van der Waals surface area (Å²) in [6.07, 6.45) is 5.00. The summed E-state index contributed by atoms with van der Waals surface area (Å²) >= 11 is 0. The molecular weight excluding hydrogens is 256 g/mol. The molecule has 0 aromatic heterocycles. The Morgan fingerprint density at radius 1 is 0.905 bits per heavy atom. The average Bonchev–Trinajstić information content (AvgIpc) is 3.02. The first-order valence-corrected chi connectivity index (χ1v) is 7.98. The minimum absolute atomic E-state index is 0.0394. The predicted molar refractivity (Wildman–Crippen MR) is 87.9 cm³/mol. The monoisotopic (exact) mass is 280 g/mol. The van der Waals surface area contributed by atoms with E-state index in [-0.39, 0.29) is 5.41 Å². The lowest BCUT2D eigenvalue weighted by molar-refractivity contribution is 0.460. The number of hydrogen-bond acceptors (Lipinski definition) is 1. The summed E-state index contributed by atoms with van der Waals surface area (Å²) in [7, 11) is 0. The van der Waals surface area contributed by atoms with Gasteiger partial charge in [0.25, 0.3) is 0 Å². The number of phenols is 1. The third-order valence-corrected chi connectivity index (χ3v) is 5.04. The van der Waals surface area contributed by atoms with Crippen molar-refractivity contribution in [3.8, 4) is 5.75 Å². The van der Waals surface area contributed by atoms with Gasteiger partial charge in [-0.2, -0.15) is 0 Å². The normalized spacial score (nSPS) is 16.3. The van der Waals surface area contributed by atoms with Crippen LogP contribution in [0.2, 0.25) is 0 Å². The van der Waals surface area contributed by atoms with Crippen LogP contribution in [-0.4, -0.2) is 5.11 Å². The molecule has 21 heavy (non-hydrogen) atoms. The van der Waals surface area contributed by atoms with Gasteiger partial charge >= 0.3 is 0 Å². The van der Waals surface area contributed by atoms with Crippen LogP contribution < -0.4 is 0 Å². The van der Waals surface area contributed by atoms with Gasteiger partial charge in [0.1, 0.15) is 5.75 Å². The summed E-state index contributed by atoms with van der Waals surface area (Å²) in [6.45, 7) is 4.51. The first-order chi connectivity index (χ1) is 10.1. The van der Waals surface area contributed by atoms with Gasteiger partial charge in [0.2, 0.25) is 0 Å². The van der Waals surface area contributed by atoms with E-state index in [9.17, 15) is 5.11 Å². The van der Waals surface area contributed by atoms with Gasteiger partial charge in [-0.1, -0.05) is 69.2 Å². The first-order valence-electron chi connectivity index (χ1n) is 7.98. The van der Waals surface area contributed by atoms with Crippen LogP contribution in [0.1, 0.15) is 62.1 Å². The van der Waals surface area contributed by atoms with Crippen molar-refractivity contribution in [2.45, 2.75) is 50.9 Å². The van der Waals surface area contributed by atoms with Crippen molar-refractivity contribution >= 4 is 0 Å². The molecule has 2 aromatic rings. The second-order valence-corrected chi connectivity index (χ2v) is 6.75. The van der Waals surface area contributed by atoms with E-state index >= 15 is 0 Å². The van der Waals surface area contributed by atoms with E-state index in [2.05, 4.69) is 56.3 Å². The van der Waals surface area contributed by atoms with Gasteiger partial charge < -0.3 is 5.11 Å². The molecule has 2 aromatic carbocycles. The fourth-order valence-corrected chi connectivity index (χ4v) is 3.53. The molecule has 1 heteroatoms. The van der Waals surface area contributed by atoms with E-state index in [0.29, 0.717) is 11.7 Å². The maximum absolute atomic E-state index is 10.2. The van der Waals surface area contributed by atoms with Crippen LogP contribution in [0.3, 0.4) is 0 Å². The predicted octanol–water partition coefficient (Wildman–Crippen LogP) is 5.38. The molecule has 1 N–H and O–H groups in total. The average molecular weight is 280 g/mol. The molecular formula is C20H24O. The Bertz CT molecular complexity index is 607. The van der Waals surface area contributed by atoms with Crippen LogP contribution in [0.25, 0.3) is 0 Å². The zero-order chi connectivity index (χ0) is 14.9. The Morgan fingerprint density at radius 2 is 1.57 bits per heavy atom. The Labute approximate surface area is 127 Å². The van der Waals surface area contributed by atoms with Gasteiger partial charge in [-0.3, -0.25) is 0 Å². The van der Waals surface area contributed by atoms with Crippen LogP contribution in [-0.2, 0) is 5.41 Å². The molecule has 0 atom stereocenters.